The molecule has 1 heterocycles. The van der Waals surface area contributed by atoms with Gasteiger partial charge in [-0.05, 0) is 49.6 Å². The van der Waals surface area contributed by atoms with Gasteiger partial charge in [-0.25, -0.2) is 17.2 Å². The third-order valence-electron chi connectivity index (χ3n) is 4.03. The van der Waals surface area contributed by atoms with Gasteiger partial charge in [-0.15, -0.1) is 0 Å². The Morgan fingerprint density at radius 3 is 2.42 bits per heavy atom. The molecule has 0 spiro atoms. The van der Waals surface area contributed by atoms with Crippen LogP contribution in [0.3, 0.4) is 0 Å². The second-order valence-electron chi connectivity index (χ2n) is 5.75. The summed E-state index contributed by atoms with van der Waals surface area (Å²) in [5.74, 6) is -1.79. The van der Waals surface area contributed by atoms with Crippen LogP contribution in [-0.4, -0.2) is 21.5 Å². The van der Waals surface area contributed by atoms with Gasteiger partial charge in [-0.3, -0.25) is 4.72 Å². The van der Waals surface area contributed by atoms with Gasteiger partial charge in [-0.1, -0.05) is 12.1 Å². The second kappa shape index (κ2) is 6.76. The molecule has 4 nitrogen and oxygen atoms in total. The van der Waals surface area contributed by atoms with Gasteiger partial charge in [0.2, 0.25) is 0 Å². The number of nitrogens with one attached hydrogen (secondary N) is 1. The summed E-state index contributed by atoms with van der Waals surface area (Å²) < 4.78 is 54.5. The van der Waals surface area contributed by atoms with E-state index in [1.165, 1.54) is 0 Å². The Bertz CT molecular complexity index is 834. The largest absolute Gasteiger partial charge is 0.370 e. The minimum Gasteiger partial charge on any atom is -0.370 e. The zero-order chi connectivity index (χ0) is 17.2. The summed E-state index contributed by atoms with van der Waals surface area (Å²) in [6.07, 6.45) is 3.23. The molecule has 7 heteroatoms. The van der Waals surface area contributed by atoms with E-state index in [1.54, 1.807) is 12.1 Å². The number of hydrogen-bond acceptors (Lipinski definition) is 3. The van der Waals surface area contributed by atoms with E-state index in [0.29, 0.717) is 11.8 Å². The lowest BCUT2D eigenvalue weighted by molar-refractivity contribution is 0.555. The maximum Gasteiger partial charge on any atom is 0.264 e. The Morgan fingerprint density at radius 2 is 1.67 bits per heavy atom. The van der Waals surface area contributed by atoms with Crippen molar-refractivity contribution >= 4 is 21.4 Å². The molecule has 0 atom stereocenters. The Labute approximate surface area is 140 Å². The smallest absolute Gasteiger partial charge is 0.264 e. The van der Waals surface area contributed by atoms with Crippen LogP contribution in [0.1, 0.15) is 19.3 Å². The molecule has 128 valence electrons. The van der Waals surface area contributed by atoms with Gasteiger partial charge in [0.25, 0.3) is 10.0 Å². The Morgan fingerprint density at radius 1 is 0.958 bits per heavy atom. The monoisotopic (exact) mass is 352 g/mol. The minimum atomic E-state index is -4.22. The van der Waals surface area contributed by atoms with Crippen LogP contribution in [0.4, 0.5) is 20.2 Å². The van der Waals surface area contributed by atoms with Crippen molar-refractivity contribution in [3.63, 3.8) is 0 Å². The summed E-state index contributed by atoms with van der Waals surface area (Å²) in [6.45, 7) is 1.68. The molecule has 0 bridgehead atoms. The SMILES string of the molecule is O=S(=O)(Nc1ccccc1N1CCCCC1)c1cc(F)ccc1F. The van der Waals surface area contributed by atoms with E-state index in [0.717, 1.165) is 50.2 Å². The highest BCUT2D eigenvalue weighted by Gasteiger charge is 2.22. The predicted octanol–water partition coefficient (Wildman–Crippen LogP) is 3.76. The van der Waals surface area contributed by atoms with Crippen LogP contribution in [-0.2, 0) is 10.0 Å². The van der Waals surface area contributed by atoms with Gasteiger partial charge in [0.1, 0.15) is 16.5 Å². The lowest BCUT2D eigenvalue weighted by atomic mass is 10.1. The average molecular weight is 352 g/mol. The van der Waals surface area contributed by atoms with Gasteiger partial charge in [0, 0.05) is 13.1 Å². The van der Waals surface area contributed by atoms with Gasteiger partial charge in [-0.2, -0.15) is 0 Å². The highest BCUT2D eigenvalue weighted by atomic mass is 32.2. The van der Waals surface area contributed by atoms with Crippen LogP contribution in [0.5, 0.6) is 0 Å². The van der Waals surface area contributed by atoms with Crippen LogP contribution in [0.2, 0.25) is 0 Å². The first-order valence-electron chi connectivity index (χ1n) is 7.79. The Balaban J connectivity index is 1.94. The molecule has 0 aliphatic carbocycles. The van der Waals surface area contributed by atoms with Crippen molar-refractivity contribution in [3.8, 4) is 0 Å². The molecule has 24 heavy (non-hydrogen) atoms. The quantitative estimate of drug-likeness (QED) is 0.912. The molecule has 0 saturated carbocycles. The third-order valence-corrected chi connectivity index (χ3v) is 5.41. The molecule has 3 rings (SSSR count). The van der Waals surface area contributed by atoms with E-state index in [2.05, 4.69) is 9.62 Å². The normalized spacial score (nSPS) is 15.3. The van der Waals surface area contributed by atoms with Crippen molar-refractivity contribution in [2.45, 2.75) is 24.2 Å². The van der Waals surface area contributed by atoms with E-state index < -0.39 is 26.6 Å². The van der Waals surface area contributed by atoms with Crippen LogP contribution in [0, 0.1) is 11.6 Å². The van der Waals surface area contributed by atoms with E-state index >= 15 is 0 Å². The first kappa shape index (κ1) is 16.7. The Kier molecular flexibility index (Phi) is 4.71. The molecule has 1 aliphatic rings. The number of piperidine rings is 1. The fourth-order valence-corrected chi connectivity index (χ4v) is 4.02. The summed E-state index contributed by atoms with van der Waals surface area (Å²) in [4.78, 5) is 1.40. The molecule has 1 fully saturated rings. The number of hydrogen-bond donors (Lipinski definition) is 1. The van der Waals surface area contributed by atoms with Crippen molar-refractivity contribution in [2.75, 3.05) is 22.7 Å². The van der Waals surface area contributed by atoms with Gasteiger partial charge in [0.15, 0.2) is 0 Å². The van der Waals surface area contributed by atoms with E-state index in [-0.39, 0.29) is 0 Å². The van der Waals surface area contributed by atoms with Crippen molar-refractivity contribution < 1.29 is 17.2 Å². The number of rotatable bonds is 4. The minimum absolute atomic E-state index is 0.364. The summed E-state index contributed by atoms with van der Waals surface area (Å²) in [7, 11) is -4.22. The number of anilines is 2. The van der Waals surface area contributed by atoms with Gasteiger partial charge < -0.3 is 4.90 Å². The van der Waals surface area contributed by atoms with E-state index in [9.17, 15) is 17.2 Å². The number of halogens is 2. The molecule has 1 saturated heterocycles. The zero-order valence-electron chi connectivity index (χ0n) is 13.0. The summed E-state index contributed by atoms with van der Waals surface area (Å²) >= 11 is 0. The summed E-state index contributed by atoms with van der Waals surface area (Å²) in [6, 6.07) is 9.35. The van der Waals surface area contributed by atoms with Crippen LogP contribution in [0.25, 0.3) is 0 Å². The standard InChI is InChI=1S/C17H18F2N2O2S/c18-13-8-9-14(19)17(12-13)24(22,23)20-15-6-2-3-7-16(15)21-10-4-1-5-11-21/h2-3,6-9,12,20H,1,4-5,10-11H2. The highest BCUT2D eigenvalue weighted by Crippen LogP contribution is 2.30. The summed E-state index contributed by atoms with van der Waals surface area (Å²) in [5, 5.41) is 0. The molecule has 0 aromatic heterocycles. The van der Waals surface area contributed by atoms with Crippen molar-refractivity contribution in [2.24, 2.45) is 0 Å². The Hall–Kier alpha value is -2.15. The number of para-hydroxylation sites is 2. The molecule has 2 aromatic carbocycles. The number of benzene rings is 2. The van der Waals surface area contributed by atoms with Crippen molar-refractivity contribution in [3.05, 3.63) is 54.1 Å². The molecule has 0 unspecified atom stereocenters. The number of nitrogens with zero attached hydrogens (tertiary/aromatic N) is 1. The average Bonchev–Trinajstić information content (AvgIpc) is 2.58. The van der Waals surface area contributed by atoms with Crippen LogP contribution in [0.15, 0.2) is 47.4 Å². The van der Waals surface area contributed by atoms with Gasteiger partial charge >= 0.3 is 0 Å². The topological polar surface area (TPSA) is 49.4 Å². The van der Waals surface area contributed by atoms with Crippen LogP contribution < -0.4 is 9.62 Å². The fourth-order valence-electron chi connectivity index (χ4n) is 2.85. The van der Waals surface area contributed by atoms with E-state index in [1.807, 2.05) is 12.1 Å². The van der Waals surface area contributed by atoms with Gasteiger partial charge in [0.05, 0.1) is 11.4 Å². The molecule has 1 N–H and O–H groups in total. The highest BCUT2D eigenvalue weighted by molar-refractivity contribution is 7.92. The molecular formula is C17H18F2N2O2S. The third kappa shape index (κ3) is 3.51. The number of sulfonamides is 1. The van der Waals surface area contributed by atoms with Crippen LogP contribution >= 0.6 is 0 Å². The molecule has 0 radical (unpaired) electrons. The maximum absolute atomic E-state index is 13.8. The fraction of sp³-hybridized carbons (Fsp3) is 0.294. The molecule has 1 aliphatic heterocycles. The molecule has 2 aromatic rings. The molecule has 0 amide bonds. The predicted molar refractivity (Wildman–Crippen MR) is 89.7 cm³/mol. The maximum atomic E-state index is 13.8. The second-order valence-corrected chi connectivity index (χ2v) is 7.40. The lowest BCUT2D eigenvalue weighted by Gasteiger charge is -2.30. The lowest BCUT2D eigenvalue weighted by Crippen LogP contribution is -2.30. The summed E-state index contributed by atoms with van der Waals surface area (Å²) in [5.41, 5.74) is 1.11. The van der Waals surface area contributed by atoms with Crippen molar-refractivity contribution in [1.29, 1.82) is 0 Å². The zero-order valence-corrected chi connectivity index (χ0v) is 13.8. The van der Waals surface area contributed by atoms with Crippen molar-refractivity contribution in [1.82, 2.24) is 0 Å². The molecular weight excluding hydrogens is 334 g/mol. The van der Waals surface area contributed by atoms with E-state index in [4.69, 9.17) is 0 Å². The first-order chi connectivity index (χ1) is 11.5. The first-order valence-corrected chi connectivity index (χ1v) is 9.27.